The van der Waals surface area contributed by atoms with Gasteiger partial charge in [-0.3, -0.25) is 10.1 Å². The van der Waals surface area contributed by atoms with Crippen LogP contribution in [-0.2, 0) is 17.9 Å². The van der Waals surface area contributed by atoms with Crippen LogP contribution in [-0.4, -0.2) is 22.6 Å². The van der Waals surface area contributed by atoms with Crippen molar-refractivity contribution in [3.05, 3.63) is 95.0 Å². The molecule has 0 saturated carbocycles. The smallest absolute Gasteiger partial charge is 0.322 e. The molecule has 2 N–H and O–H groups in total. The van der Waals surface area contributed by atoms with Gasteiger partial charge in [-0.05, 0) is 47.5 Å². The lowest BCUT2D eigenvalue weighted by Gasteiger charge is -2.06. The van der Waals surface area contributed by atoms with Gasteiger partial charge < -0.3 is 14.5 Å². The number of rotatable bonds is 9. The number of halogens is 1. The summed E-state index contributed by atoms with van der Waals surface area (Å²) < 4.78 is 11.3. The van der Waals surface area contributed by atoms with Gasteiger partial charge in [0.15, 0.2) is 0 Å². The van der Waals surface area contributed by atoms with Gasteiger partial charge in [-0.2, -0.15) is 0 Å². The number of hydrogen-bond donors (Lipinski definition) is 2. The van der Waals surface area contributed by atoms with E-state index in [0.717, 1.165) is 16.7 Å². The third-order valence-electron chi connectivity index (χ3n) is 4.55. The second-order valence-electron chi connectivity index (χ2n) is 6.99. The van der Waals surface area contributed by atoms with Crippen LogP contribution in [0.3, 0.4) is 0 Å². The van der Waals surface area contributed by atoms with Gasteiger partial charge in [0, 0.05) is 17.1 Å². The van der Waals surface area contributed by atoms with Gasteiger partial charge in [0.05, 0.1) is 6.54 Å². The van der Waals surface area contributed by atoms with Crippen molar-refractivity contribution >= 4 is 23.5 Å². The Morgan fingerprint density at radius 1 is 0.906 bits per heavy atom. The maximum absolute atomic E-state index is 12.1. The summed E-state index contributed by atoms with van der Waals surface area (Å²) in [5, 5.41) is 14.2. The number of carbonyl (C=O) groups excluding carboxylic acids is 1. The molecule has 0 fully saturated rings. The summed E-state index contributed by atoms with van der Waals surface area (Å²) in [6, 6.07) is 24.7. The maximum Gasteiger partial charge on any atom is 0.322 e. The zero-order valence-electron chi connectivity index (χ0n) is 17.1. The molecule has 1 aromatic heterocycles. The molecule has 1 heterocycles. The normalized spacial score (nSPS) is 10.7. The van der Waals surface area contributed by atoms with E-state index < -0.39 is 0 Å². The van der Waals surface area contributed by atoms with Crippen molar-refractivity contribution in [2.75, 3.05) is 11.9 Å². The van der Waals surface area contributed by atoms with Crippen LogP contribution in [0.25, 0.3) is 11.5 Å². The Balaban J connectivity index is 1.26. The van der Waals surface area contributed by atoms with Crippen molar-refractivity contribution in [3.8, 4) is 17.2 Å². The van der Waals surface area contributed by atoms with Crippen molar-refractivity contribution < 1.29 is 13.9 Å². The van der Waals surface area contributed by atoms with Gasteiger partial charge in [-0.1, -0.05) is 59.2 Å². The van der Waals surface area contributed by atoms with Crippen LogP contribution in [0, 0.1) is 0 Å². The second kappa shape index (κ2) is 10.6. The fourth-order valence-corrected chi connectivity index (χ4v) is 3.04. The van der Waals surface area contributed by atoms with E-state index in [1.54, 1.807) is 0 Å². The lowest BCUT2D eigenvalue weighted by atomic mass is 10.2. The monoisotopic (exact) mass is 448 g/mol. The molecule has 7 nitrogen and oxygen atoms in total. The summed E-state index contributed by atoms with van der Waals surface area (Å²) in [7, 11) is 0. The molecule has 4 aromatic rings. The molecule has 0 saturated heterocycles. The van der Waals surface area contributed by atoms with Crippen molar-refractivity contribution in [2.24, 2.45) is 0 Å². The minimum atomic E-state index is -0.262. The molecule has 4 rings (SSSR count). The minimum absolute atomic E-state index is 0.0505. The minimum Gasteiger partial charge on any atom is -0.489 e. The third-order valence-corrected chi connectivity index (χ3v) is 4.80. The number of nitrogens with zero attached hydrogens (tertiary/aromatic N) is 2. The predicted octanol–water partition coefficient (Wildman–Crippen LogP) is 4.70. The van der Waals surface area contributed by atoms with Crippen LogP contribution in [0.5, 0.6) is 5.75 Å². The van der Waals surface area contributed by atoms with Gasteiger partial charge in [0.2, 0.25) is 11.8 Å². The Morgan fingerprint density at radius 2 is 1.66 bits per heavy atom. The van der Waals surface area contributed by atoms with E-state index in [4.69, 9.17) is 20.8 Å². The van der Waals surface area contributed by atoms with E-state index in [1.165, 1.54) is 0 Å². The molecule has 0 atom stereocenters. The fourth-order valence-electron chi connectivity index (χ4n) is 2.91. The van der Waals surface area contributed by atoms with Crippen LogP contribution in [0.15, 0.2) is 83.3 Å². The summed E-state index contributed by atoms with van der Waals surface area (Å²) in [6.45, 7) is 1.16. The van der Waals surface area contributed by atoms with E-state index in [0.29, 0.717) is 29.8 Å². The SMILES string of the molecule is O=C(CNCc1ccccc1)Nc1nnc(-c2ccc(OCc3ccc(Cl)cc3)cc2)o1. The molecule has 0 spiro atoms. The van der Waals surface area contributed by atoms with Crippen LogP contribution in [0.4, 0.5) is 6.01 Å². The maximum atomic E-state index is 12.1. The van der Waals surface area contributed by atoms with E-state index in [2.05, 4.69) is 20.8 Å². The average Bonchev–Trinajstić information content (AvgIpc) is 3.28. The molecule has 0 aliphatic rings. The van der Waals surface area contributed by atoms with E-state index in [1.807, 2.05) is 78.9 Å². The Bertz CT molecular complexity index is 1150. The molecule has 3 aromatic carbocycles. The summed E-state index contributed by atoms with van der Waals surface area (Å²) >= 11 is 5.89. The molecular weight excluding hydrogens is 428 g/mol. The van der Waals surface area contributed by atoms with Crippen LogP contribution in [0.1, 0.15) is 11.1 Å². The molecule has 32 heavy (non-hydrogen) atoms. The quantitative estimate of drug-likeness (QED) is 0.386. The first-order chi connectivity index (χ1) is 15.7. The molecular formula is C24H21ClN4O3. The van der Waals surface area contributed by atoms with E-state index in [-0.39, 0.29) is 18.5 Å². The summed E-state index contributed by atoms with van der Waals surface area (Å²) in [5.74, 6) is 0.755. The largest absolute Gasteiger partial charge is 0.489 e. The summed E-state index contributed by atoms with van der Waals surface area (Å²) in [6.07, 6.45) is 0. The fraction of sp³-hybridized carbons (Fsp3) is 0.125. The third kappa shape index (κ3) is 6.16. The number of benzene rings is 3. The first kappa shape index (κ1) is 21.5. The van der Waals surface area contributed by atoms with Crippen LogP contribution < -0.4 is 15.4 Å². The molecule has 0 bridgehead atoms. The molecule has 0 aliphatic heterocycles. The highest BCUT2D eigenvalue weighted by atomic mass is 35.5. The molecule has 0 unspecified atom stereocenters. The van der Waals surface area contributed by atoms with Gasteiger partial charge in [-0.25, -0.2) is 0 Å². The Morgan fingerprint density at radius 3 is 2.41 bits per heavy atom. The number of amides is 1. The van der Waals surface area contributed by atoms with Crippen molar-refractivity contribution in [1.82, 2.24) is 15.5 Å². The molecule has 162 valence electrons. The van der Waals surface area contributed by atoms with Crippen LogP contribution in [0.2, 0.25) is 5.02 Å². The lowest BCUT2D eigenvalue weighted by molar-refractivity contribution is -0.115. The van der Waals surface area contributed by atoms with Crippen molar-refractivity contribution in [2.45, 2.75) is 13.2 Å². The zero-order chi connectivity index (χ0) is 22.2. The highest BCUT2D eigenvalue weighted by molar-refractivity contribution is 6.30. The van der Waals surface area contributed by atoms with Crippen LogP contribution >= 0.6 is 11.6 Å². The highest BCUT2D eigenvalue weighted by Crippen LogP contribution is 2.23. The predicted molar refractivity (Wildman–Crippen MR) is 122 cm³/mol. The molecule has 0 radical (unpaired) electrons. The number of aromatic nitrogens is 2. The Hall–Kier alpha value is -3.68. The van der Waals surface area contributed by atoms with Crippen molar-refractivity contribution in [3.63, 3.8) is 0 Å². The number of ether oxygens (including phenoxy) is 1. The average molecular weight is 449 g/mol. The van der Waals surface area contributed by atoms with Gasteiger partial charge in [-0.15, -0.1) is 5.10 Å². The topological polar surface area (TPSA) is 89.3 Å². The highest BCUT2D eigenvalue weighted by Gasteiger charge is 2.11. The number of carbonyl (C=O) groups is 1. The molecule has 1 amide bonds. The van der Waals surface area contributed by atoms with E-state index >= 15 is 0 Å². The summed E-state index contributed by atoms with van der Waals surface area (Å²) in [5.41, 5.74) is 2.84. The molecule has 8 heteroatoms. The molecule has 0 aliphatic carbocycles. The van der Waals surface area contributed by atoms with Gasteiger partial charge >= 0.3 is 6.01 Å². The zero-order valence-corrected chi connectivity index (χ0v) is 17.9. The van der Waals surface area contributed by atoms with E-state index in [9.17, 15) is 4.79 Å². The van der Waals surface area contributed by atoms with Gasteiger partial charge in [0.25, 0.3) is 0 Å². The first-order valence-corrected chi connectivity index (χ1v) is 10.4. The number of nitrogens with one attached hydrogen (secondary N) is 2. The standard InChI is InChI=1S/C24H21ClN4O3/c25-20-10-6-18(7-11-20)16-31-21-12-8-19(9-13-21)23-28-29-24(32-23)27-22(30)15-26-14-17-4-2-1-3-5-17/h1-13,26H,14-16H2,(H,27,29,30). The Kier molecular flexibility index (Phi) is 7.12. The van der Waals surface area contributed by atoms with Gasteiger partial charge in [0.1, 0.15) is 12.4 Å². The Labute approximate surface area is 190 Å². The lowest BCUT2D eigenvalue weighted by Crippen LogP contribution is -2.27. The summed E-state index contributed by atoms with van der Waals surface area (Å²) in [4.78, 5) is 12.1. The number of anilines is 1. The first-order valence-electron chi connectivity index (χ1n) is 10.0. The second-order valence-corrected chi connectivity index (χ2v) is 7.43. The van der Waals surface area contributed by atoms with Crippen molar-refractivity contribution in [1.29, 1.82) is 0 Å². The number of hydrogen-bond acceptors (Lipinski definition) is 6.